The number of rotatable bonds is 3. The van der Waals surface area contributed by atoms with Gasteiger partial charge in [-0.05, 0) is 56.6 Å². The largest absolute Gasteiger partial charge is 0.504 e. The first-order chi connectivity index (χ1) is 16.3. The number of carbonyl (C=O) groups is 1. The second kappa shape index (κ2) is 7.20. The van der Waals surface area contributed by atoms with Gasteiger partial charge in [0.2, 0.25) is 5.91 Å². The molecule has 1 amide bonds. The van der Waals surface area contributed by atoms with Crippen molar-refractivity contribution in [3.63, 3.8) is 0 Å². The average molecular weight is 459 g/mol. The molecule has 0 aromatic heterocycles. The van der Waals surface area contributed by atoms with Crippen molar-refractivity contribution in [1.29, 1.82) is 0 Å². The van der Waals surface area contributed by atoms with Gasteiger partial charge in [-0.1, -0.05) is 48.0 Å². The number of benzene rings is 2. The van der Waals surface area contributed by atoms with Crippen LogP contribution in [-0.2, 0) is 16.6 Å². The van der Waals surface area contributed by atoms with Gasteiger partial charge in [-0.15, -0.1) is 0 Å². The number of amides is 1. The molecule has 2 bridgehead atoms. The number of hydrogen-bond donors (Lipinski definition) is 2. The van der Waals surface area contributed by atoms with Crippen LogP contribution in [0.15, 0.2) is 54.6 Å². The van der Waals surface area contributed by atoms with Gasteiger partial charge in [-0.2, -0.15) is 0 Å². The number of carbonyl (C=O) groups excluding carboxylic acids is 1. The lowest BCUT2D eigenvalue weighted by molar-refractivity contribution is -0.150. The van der Waals surface area contributed by atoms with E-state index < -0.39 is 17.1 Å². The molecule has 2 heterocycles. The maximum absolute atomic E-state index is 13.2. The molecule has 0 radical (unpaired) electrons. The van der Waals surface area contributed by atoms with Gasteiger partial charge in [-0.3, -0.25) is 9.69 Å². The van der Waals surface area contributed by atoms with Crippen molar-refractivity contribution in [1.82, 2.24) is 9.80 Å². The highest BCUT2D eigenvalue weighted by atomic mass is 16.5. The molecule has 34 heavy (non-hydrogen) atoms. The lowest BCUT2D eigenvalue weighted by Gasteiger charge is -2.62. The fourth-order valence-corrected chi connectivity index (χ4v) is 6.82. The summed E-state index contributed by atoms with van der Waals surface area (Å²) >= 11 is 0. The molecule has 4 aliphatic rings. The number of likely N-dealkylation sites (tertiary alicyclic amines) is 1. The average Bonchev–Trinajstić information content (AvgIpc) is 3.17. The summed E-state index contributed by atoms with van der Waals surface area (Å²) in [6.07, 6.45) is 8.12. The third kappa shape index (κ3) is 2.67. The zero-order valence-electron chi connectivity index (χ0n) is 19.7. The number of phenolic OH excluding ortho intramolecular Hbond substituents is 1. The van der Waals surface area contributed by atoms with Crippen LogP contribution in [0.4, 0.5) is 0 Å². The predicted octanol–water partition coefficient (Wildman–Crippen LogP) is 2.80. The minimum atomic E-state index is -1.13. The number of phenols is 1. The first-order valence-electron chi connectivity index (χ1n) is 11.9. The Morgan fingerprint density at radius 1 is 1.29 bits per heavy atom. The third-order valence-electron chi connectivity index (χ3n) is 8.54. The molecule has 5 atom stereocenters. The summed E-state index contributed by atoms with van der Waals surface area (Å²) in [6, 6.07) is 11.2. The van der Waals surface area contributed by atoms with E-state index in [0.29, 0.717) is 18.6 Å². The first kappa shape index (κ1) is 21.4. The minimum Gasteiger partial charge on any atom is -0.504 e. The highest BCUT2D eigenvalue weighted by molar-refractivity contribution is 5.92. The molecule has 2 unspecified atom stereocenters. The summed E-state index contributed by atoms with van der Waals surface area (Å²) < 4.78 is 6.47. The minimum absolute atomic E-state index is 0.0882. The Labute approximate surface area is 199 Å². The van der Waals surface area contributed by atoms with E-state index in [-0.39, 0.29) is 23.7 Å². The number of piperidine rings is 1. The summed E-state index contributed by atoms with van der Waals surface area (Å²) in [6.45, 7) is 2.84. The number of aliphatic hydroxyl groups is 1. The quantitative estimate of drug-likeness (QED) is 0.547. The normalized spacial score (nSPS) is 33.0. The zero-order valence-corrected chi connectivity index (χ0v) is 19.7. The molecule has 1 fully saturated rings. The fraction of sp³-hybridized carbons (Fsp3) is 0.393. The molecule has 2 aliphatic carbocycles. The Kier molecular flexibility index (Phi) is 4.54. The summed E-state index contributed by atoms with van der Waals surface area (Å²) in [5.41, 5.74) is 2.31. The van der Waals surface area contributed by atoms with Gasteiger partial charge in [0.25, 0.3) is 0 Å². The van der Waals surface area contributed by atoms with Crippen LogP contribution in [0.5, 0.6) is 11.5 Å². The van der Waals surface area contributed by atoms with Crippen LogP contribution in [-0.4, -0.2) is 70.3 Å². The molecule has 6 rings (SSSR count). The second-order valence-electron chi connectivity index (χ2n) is 10.3. The van der Waals surface area contributed by atoms with Crippen LogP contribution in [0.3, 0.4) is 0 Å². The Hall–Kier alpha value is -3.09. The molecule has 2 aliphatic heterocycles. The van der Waals surface area contributed by atoms with Crippen molar-refractivity contribution < 1.29 is 19.7 Å². The van der Waals surface area contributed by atoms with Crippen LogP contribution in [0.25, 0.3) is 6.08 Å². The van der Waals surface area contributed by atoms with Gasteiger partial charge >= 0.3 is 0 Å². The number of likely N-dealkylation sites (N-methyl/N-ethyl adjacent to an activating group) is 2. The van der Waals surface area contributed by atoms with Crippen molar-refractivity contribution in [2.75, 3.05) is 20.6 Å². The van der Waals surface area contributed by atoms with Crippen LogP contribution in [0.1, 0.15) is 28.7 Å². The van der Waals surface area contributed by atoms with Crippen LogP contribution >= 0.6 is 0 Å². The maximum Gasteiger partial charge on any atom is 0.246 e. The Morgan fingerprint density at radius 3 is 2.91 bits per heavy atom. The second-order valence-corrected chi connectivity index (χ2v) is 10.3. The van der Waals surface area contributed by atoms with E-state index in [1.807, 2.05) is 55.5 Å². The van der Waals surface area contributed by atoms with Crippen molar-refractivity contribution in [3.8, 4) is 11.5 Å². The van der Waals surface area contributed by atoms with Gasteiger partial charge in [0.15, 0.2) is 11.5 Å². The summed E-state index contributed by atoms with van der Waals surface area (Å²) in [4.78, 5) is 17.1. The van der Waals surface area contributed by atoms with Crippen molar-refractivity contribution in [3.05, 3.63) is 76.9 Å². The van der Waals surface area contributed by atoms with Crippen molar-refractivity contribution in [2.45, 2.75) is 49.0 Å². The molecule has 2 aromatic carbocycles. The molecule has 176 valence electrons. The lowest BCUT2D eigenvalue weighted by atomic mass is 9.50. The molecule has 2 N–H and O–H groups in total. The first-order valence-corrected chi connectivity index (χ1v) is 11.9. The third-order valence-corrected chi connectivity index (χ3v) is 8.54. The molecule has 6 heteroatoms. The molecule has 2 aromatic rings. The molecule has 1 spiro atoms. The maximum atomic E-state index is 13.2. The van der Waals surface area contributed by atoms with Crippen LogP contribution in [0.2, 0.25) is 0 Å². The zero-order chi connectivity index (χ0) is 23.8. The van der Waals surface area contributed by atoms with E-state index in [1.165, 1.54) is 0 Å². The van der Waals surface area contributed by atoms with E-state index in [4.69, 9.17) is 4.74 Å². The summed E-state index contributed by atoms with van der Waals surface area (Å²) in [5.74, 6) is 0.422. The Morgan fingerprint density at radius 2 is 2.12 bits per heavy atom. The number of aromatic hydroxyl groups is 1. The van der Waals surface area contributed by atoms with Gasteiger partial charge in [0, 0.05) is 24.7 Å². The standard InChI is InChI=1S/C28H30N2O4/c1-17-5-4-6-18(15-17)7-10-23(32)30(3)20-11-12-28(33)22-16-19-8-9-21(31)25-24(19)27(28,26(20)34-25)13-14-29(22)2/h4-12,15,20,22,26,31,33H,13-14,16H2,1-3H3/b10-7+/t20?,22-,26?,27+,28-/m1/s1. The Balaban J connectivity index is 1.41. The molecule has 1 saturated heterocycles. The van der Waals surface area contributed by atoms with Crippen LogP contribution in [0, 0.1) is 6.92 Å². The van der Waals surface area contributed by atoms with E-state index in [2.05, 4.69) is 11.9 Å². The smallest absolute Gasteiger partial charge is 0.246 e. The topological polar surface area (TPSA) is 73.2 Å². The number of aryl methyl sites for hydroxylation is 1. The van der Waals surface area contributed by atoms with Gasteiger partial charge < -0.3 is 19.8 Å². The number of hydrogen-bond acceptors (Lipinski definition) is 5. The van der Waals surface area contributed by atoms with E-state index in [0.717, 1.165) is 28.8 Å². The fourth-order valence-electron chi connectivity index (χ4n) is 6.82. The monoisotopic (exact) mass is 458 g/mol. The van der Waals surface area contributed by atoms with Crippen molar-refractivity contribution >= 4 is 12.0 Å². The van der Waals surface area contributed by atoms with E-state index in [9.17, 15) is 15.0 Å². The molecular formula is C28H30N2O4. The van der Waals surface area contributed by atoms with Crippen molar-refractivity contribution in [2.24, 2.45) is 0 Å². The summed E-state index contributed by atoms with van der Waals surface area (Å²) in [5, 5.41) is 22.9. The summed E-state index contributed by atoms with van der Waals surface area (Å²) in [7, 11) is 3.83. The van der Waals surface area contributed by atoms with Crippen LogP contribution < -0.4 is 4.74 Å². The number of ether oxygens (including phenoxy) is 1. The highest BCUT2D eigenvalue weighted by Crippen LogP contribution is 2.64. The lowest BCUT2D eigenvalue weighted by Crippen LogP contribution is -2.76. The highest BCUT2D eigenvalue weighted by Gasteiger charge is 2.71. The molecule has 6 nitrogen and oxygen atoms in total. The van der Waals surface area contributed by atoms with Gasteiger partial charge in [0.1, 0.15) is 11.7 Å². The van der Waals surface area contributed by atoms with E-state index >= 15 is 0 Å². The number of nitrogens with zero attached hydrogens (tertiary/aromatic N) is 2. The van der Waals surface area contributed by atoms with Gasteiger partial charge in [0.05, 0.1) is 11.5 Å². The molecular weight excluding hydrogens is 428 g/mol. The van der Waals surface area contributed by atoms with E-state index in [1.54, 1.807) is 24.1 Å². The SMILES string of the molecule is Cc1cccc(/C=C/C(=O)N(C)C2C=C[C@@]3(O)[C@H]4Cc5ccc(O)c6c5[C@@]3(CCN4C)C2O6)c1. The van der Waals surface area contributed by atoms with Gasteiger partial charge in [-0.25, -0.2) is 0 Å². The molecule has 0 saturated carbocycles. The predicted molar refractivity (Wildman–Crippen MR) is 130 cm³/mol. The Bertz CT molecular complexity index is 1250.